The Morgan fingerprint density at radius 1 is 1.38 bits per heavy atom. The van der Waals surface area contributed by atoms with Crippen LogP contribution in [0.25, 0.3) is 0 Å². The predicted octanol–water partition coefficient (Wildman–Crippen LogP) is 1.63. The molecule has 1 saturated heterocycles. The van der Waals surface area contributed by atoms with Gasteiger partial charge in [-0.05, 0) is 17.7 Å². The van der Waals surface area contributed by atoms with Crippen molar-refractivity contribution in [1.82, 2.24) is 10.0 Å². The van der Waals surface area contributed by atoms with Crippen LogP contribution in [-0.2, 0) is 19.5 Å². The minimum absolute atomic E-state index is 0.0348. The van der Waals surface area contributed by atoms with Gasteiger partial charge in [0.05, 0.1) is 35.1 Å². The molecule has 136 valence electrons. The molecular weight excluding hydrogens is 375 g/mol. The van der Waals surface area contributed by atoms with E-state index in [1.165, 1.54) is 7.11 Å². The summed E-state index contributed by atoms with van der Waals surface area (Å²) in [6, 6.07) is 5.43. The Hall–Kier alpha value is -0.410. The van der Waals surface area contributed by atoms with Gasteiger partial charge in [0, 0.05) is 32.7 Å². The van der Waals surface area contributed by atoms with Crippen molar-refractivity contribution in [2.24, 2.45) is 0 Å². The average Bonchev–Trinajstić information content (AvgIpc) is 2.79. The smallest absolute Gasteiger partial charge is 0.213 e. The van der Waals surface area contributed by atoms with E-state index < -0.39 is 10.0 Å². The van der Waals surface area contributed by atoms with E-state index in [9.17, 15) is 8.42 Å². The number of methoxy groups -OCH3 is 1. The van der Waals surface area contributed by atoms with Gasteiger partial charge in [-0.2, -0.15) is 0 Å². The molecule has 0 bridgehead atoms. The van der Waals surface area contributed by atoms with Crippen molar-refractivity contribution in [3.63, 3.8) is 0 Å². The number of hydrogen-bond acceptors (Lipinski definition) is 5. The zero-order chi connectivity index (χ0) is 17.6. The molecule has 0 saturated carbocycles. The highest BCUT2D eigenvalue weighted by Crippen LogP contribution is 2.29. The molecule has 1 aliphatic heterocycles. The van der Waals surface area contributed by atoms with Crippen LogP contribution in [0.3, 0.4) is 0 Å². The number of rotatable bonds is 7. The molecule has 0 spiro atoms. The summed E-state index contributed by atoms with van der Waals surface area (Å²) >= 11 is 12.1. The van der Waals surface area contributed by atoms with Crippen molar-refractivity contribution >= 4 is 33.2 Å². The molecule has 1 heterocycles. The standard InChI is InChI=1S/C15H22Cl2N2O4S/c1-22-6-7-24(20,21)19-10-15-12(9-18-4-5-23-15)11-2-3-13(16)14(17)8-11/h2-3,8,12,15,18-19H,4-7,9-10H2,1H3. The molecule has 6 nitrogen and oxygen atoms in total. The lowest BCUT2D eigenvalue weighted by molar-refractivity contribution is 0.0559. The number of nitrogens with one attached hydrogen (secondary N) is 2. The first kappa shape index (κ1) is 19.9. The van der Waals surface area contributed by atoms with Gasteiger partial charge in [0.2, 0.25) is 10.0 Å². The zero-order valence-electron chi connectivity index (χ0n) is 13.4. The third-order valence-electron chi connectivity index (χ3n) is 3.86. The first-order valence-electron chi connectivity index (χ1n) is 7.66. The third kappa shape index (κ3) is 5.84. The van der Waals surface area contributed by atoms with Crippen LogP contribution in [0.4, 0.5) is 0 Å². The van der Waals surface area contributed by atoms with Crippen LogP contribution >= 0.6 is 23.2 Å². The Labute approximate surface area is 152 Å². The Kier molecular flexibility index (Phi) is 7.74. The van der Waals surface area contributed by atoms with Gasteiger partial charge in [-0.25, -0.2) is 13.1 Å². The Balaban J connectivity index is 2.10. The first-order valence-corrected chi connectivity index (χ1v) is 10.1. The van der Waals surface area contributed by atoms with Crippen LogP contribution in [0.15, 0.2) is 18.2 Å². The summed E-state index contributed by atoms with van der Waals surface area (Å²) < 4.78 is 37.2. The van der Waals surface area contributed by atoms with Gasteiger partial charge in [0.1, 0.15) is 0 Å². The minimum Gasteiger partial charge on any atom is -0.384 e. The van der Waals surface area contributed by atoms with Crippen molar-refractivity contribution in [3.05, 3.63) is 33.8 Å². The lowest BCUT2D eigenvalue weighted by Gasteiger charge is -2.25. The van der Waals surface area contributed by atoms with Crippen LogP contribution in [-0.4, -0.2) is 60.2 Å². The zero-order valence-corrected chi connectivity index (χ0v) is 15.8. The summed E-state index contributed by atoms with van der Waals surface area (Å²) in [5.41, 5.74) is 0.958. The van der Waals surface area contributed by atoms with Gasteiger partial charge in [-0.3, -0.25) is 0 Å². The van der Waals surface area contributed by atoms with Crippen molar-refractivity contribution in [1.29, 1.82) is 0 Å². The maximum absolute atomic E-state index is 12.0. The molecule has 0 aliphatic carbocycles. The Morgan fingerprint density at radius 3 is 2.88 bits per heavy atom. The second-order valence-corrected chi connectivity index (χ2v) is 8.29. The highest BCUT2D eigenvalue weighted by atomic mass is 35.5. The second-order valence-electron chi connectivity index (χ2n) is 5.55. The summed E-state index contributed by atoms with van der Waals surface area (Å²) in [5, 5.41) is 4.25. The molecule has 2 N–H and O–H groups in total. The van der Waals surface area contributed by atoms with Gasteiger partial charge in [-0.15, -0.1) is 0 Å². The number of benzene rings is 1. The average molecular weight is 397 g/mol. The van der Waals surface area contributed by atoms with Crippen LogP contribution in [0.1, 0.15) is 11.5 Å². The third-order valence-corrected chi connectivity index (χ3v) is 5.91. The molecule has 1 aliphatic rings. The SMILES string of the molecule is COCCS(=O)(=O)NCC1OCCNCC1c1ccc(Cl)c(Cl)c1. The monoisotopic (exact) mass is 396 g/mol. The maximum atomic E-state index is 12.0. The first-order chi connectivity index (χ1) is 11.4. The van der Waals surface area contributed by atoms with E-state index in [1.807, 2.05) is 6.07 Å². The summed E-state index contributed by atoms with van der Waals surface area (Å²) in [5.74, 6) is -0.112. The van der Waals surface area contributed by atoms with E-state index in [1.54, 1.807) is 12.1 Å². The molecule has 2 unspecified atom stereocenters. The number of halogens is 2. The fourth-order valence-corrected chi connectivity index (χ4v) is 3.79. The van der Waals surface area contributed by atoms with Crippen LogP contribution in [0.2, 0.25) is 10.0 Å². The molecular formula is C15H22Cl2N2O4S. The highest BCUT2D eigenvalue weighted by molar-refractivity contribution is 7.89. The van der Waals surface area contributed by atoms with E-state index in [-0.39, 0.29) is 30.9 Å². The largest absolute Gasteiger partial charge is 0.384 e. The summed E-state index contributed by atoms with van der Waals surface area (Å²) in [6.07, 6.45) is -0.297. The molecule has 2 rings (SSSR count). The fourth-order valence-electron chi connectivity index (χ4n) is 2.54. The van der Waals surface area contributed by atoms with Gasteiger partial charge in [0.25, 0.3) is 0 Å². The van der Waals surface area contributed by atoms with Gasteiger partial charge >= 0.3 is 0 Å². The van der Waals surface area contributed by atoms with E-state index in [0.717, 1.165) is 5.56 Å². The predicted molar refractivity (Wildman–Crippen MR) is 95.5 cm³/mol. The molecule has 1 aromatic rings. The molecule has 0 aromatic heterocycles. The van der Waals surface area contributed by atoms with Crippen LogP contribution < -0.4 is 10.0 Å². The summed E-state index contributed by atoms with van der Waals surface area (Å²) in [7, 11) is -1.93. The van der Waals surface area contributed by atoms with Gasteiger partial charge in [0.15, 0.2) is 0 Å². The van der Waals surface area contributed by atoms with Crippen molar-refractivity contribution in [3.8, 4) is 0 Å². The normalized spacial score (nSPS) is 22.3. The maximum Gasteiger partial charge on any atom is 0.213 e. The van der Waals surface area contributed by atoms with Crippen molar-refractivity contribution in [2.75, 3.05) is 45.7 Å². The van der Waals surface area contributed by atoms with Crippen molar-refractivity contribution < 1.29 is 17.9 Å². The van der Waals surface area contributed by atoms with Crippen molar-refractivity contribution in [2.45, 2.75) is 12.0 Å². The number of ether oxygens (including phenoxy) is 2. The Bertz CT molecular complexity index is 642. The van der Waals surface area contributed by atoms with Crippen LogP contribution in [0, 0.1) is 0 Å². The van der Waals surface area contributed by atoms with Crippen LogP contribution in [0.5, 0.6) is 0 Å². The van der Waals surface area contributed by atoms with Gasteiger partial charge in [-0.1, -0.05) is 29.3 Å². The fraction of sp³-hybridized carbons (Fsp3) is 0.600. The second kappa shape index (κ2) is 9.33. The minimum atomic E-state index is -3.40. The van der Waals surface area contributed by atoms with E-state index in [0.29, 0.717) is 29.7 Å². The summed E-state index contributed by atoms with van der Waals surface area (Å²) in [4.78, 5) is 0. The van der Waals surface area contributed by atoms with Gasteiger partial charge < -0.3 is 14.8 Å². The molecule has 1 aromatic carbocycles. The number of sulfonamides is 1. The topological polar surface area (TPSA) is 76.7 Å². The molecule has 9 heteroatoms. The molecule has 1 fully saturated rings. The highest BCUT2D eigenvalue weighted by Gasteiger charge is 2.27. The molecule has 24 heavy (non-hydrogen) atoms. The lowest BCUT2D eigenvalue weighted by Crippen LogP contribution is -2.39. The summed E-state index contributed by atoms with van der Waals surface area (Å²) in [6.45, 7) is 2.24. The van der Waals surface area contributed by atoms with E-state index >= 15 is 0 Å². The molecule has 0 radical (unpaired) electrons. The van der Waals surface area contributed by atoms with E-state index in [2.05, 4.69) is 10.0 Å². The van der Waals surface area contributed by atoms with E-state index in [4.69, 9.17) is 32.7 Å². The molecule has 2 atom stereocenters. The quantitative estimate of drug-likeness (QED) is 0.732. The Morgan fingerprint density at radius 2 is 2.17 bits per heavy atom. The molecule has 0 amide bonds. The number of hydrogen-bond donors (Lipinski definition) is 2. The lowest BCUT2D eigenvalue weighted by atomic mass is 9.93.